The van der Waals surface area contributed by atoms with Crippen molar-refractivity contribution in [1.82, 2.24) is 0 Å². The standard InChI is InChI=1S/C10H10O4/c1-6(11)10-13-8-5-3-4-7(12-2)9(8)14-10/h3-5,10H,1-2H3. The van der Waals surface area contributed by atoms with Crippen LogP contribution in [0.5, 0.6) is 17.2 Å². The van der Waals surface area contributed by atoms with Gasteiger partial charge >= 0.3 is 6.29 Å². The third-order valence-electron chi connectivity index (χ3n) is 1.95. The molecule has 1 aliphatic heterocycles. The molecule has 0 aliphatic carbocycles. The van der Waals surface area contributed by atoms with Gasteiger partial charge in [0.1, 0.15) is 0 Å². The number of ether oxygens (including phenoxy) is 3. The summed E-state index contributed by atoms with van der Waals surface area (Å²) in [5.41, 5.74) is 0. The van der Waals surface area contributed by atoms with Crippen LogP contribution in [0.25, 0.3) is 0 Å². The molecule has 0 N–H and O–H groups in total. The summed E-state index contributed by atoms with van der Waals surface area (Å²) in [5.74, 6) is 1.45. The number of fused-ring (bicyclic) bond motifs is 1. The number of hydrogen-bond acceptors (Lipinski definition) is 4. The Morgan fingerprint density at radius 1 is 1.43 bits per heavy atom. The molecule has 1 heterocycles. The van der Waals surface area contributed by atoms with Crippen molar-refractivity contribution in [3.8, 4) is 17.2 Å². The Morgan fingerprint density at radius 3 is 2.86 bits per heavy atom. The van der Waals surface area contributed by atoms with Crippen molar-refractivity contribution in [2.24, 2.45) is 0 Å². The van der Waals surface area contributed by atoms with E-state index in [2.05, 4.69) is 0 Å². The van der Waals surface area contributed by atoms with Crippen molar-refractivity contribution in [2.45, 2.75) is 13.2 Å². The van der Waals surface area contributed by atoms with Crippen molar-refractivity contribution in [1.29, 1.82) is 0 Å². The van der Waals surface area contributed by atoms with Crippen molar-refractivity contribution >= 4 is 5.78 Å². The summed E-state index contributed by atoms with van der Waals surface area (Å²) in [4.78, 5) is 11.0. The lowest BCUT2D eigenvalue weighted by molar-refractivity contribution is -0.132. The molecule has 2 rings (SSSR count). The third kappa shape index (κ3) is 1.28. The quantitative estimate of drug-likeness (QED) is 0.713. The molecule has 74 valence electrons. The number of benzene rings is 1. The molecule has 1 atom stereocenters. The third-order valence-corrected chi connectivity index (χ3v) is 1.95. The Bertz CT molecular complexity index is 372. The number of ketones is 1. The molecule has 0 fully saturated rings. The minimum atomic E-state index is -0.832. The van der Waals surface area contributed by atoms with Gasteiger partial charge in [-0.15, -0.1) is 0 Å². The summed E-state index contributed by atoms with van der Waals surface area (Å²) in [6.07, 6.45) is -0.832. The maximum absolute atomic E-state index is 11.0. The largest absolute Gasteiger partial charge is 0.493 e. The van der Waals surface area contributed by atoms with Crippen LogP contribution in [0.3, 0.4) is 0 Å². The molecule has 0 spiro atoms. The van der Waals surface area contributed by atoms with Crippen LogP contribution in [-0.4, -0.2) is 19.2 Å². The van der Waals surface area contributed by atoms with E-state index in [1.165, 1.54) is 6.92 Å². The number of para-hydroxylation sites is 1. The number of carbonyl (C=O) groups excluding carboxylic acids is 1. The molecule has 0 aromatic heterocycles. The van der Waals surface area contributed by atoms with E-state index < -0.39 is 6.29 Å². The van der Waals surface area contributed by atoms with E-state index in [0.29, 0.717) is 17.2 Å². The Balaban J connectivity index is 2.34. The maximum atomic E-state index is 11.0. The monoisotopic (exact) mass is 194 g/mol. The van der Waals surface area contributed by atoms with Crippen LogP contribution in [0, 0.1) is 0 Å². The number of rotatable bonds is 2. The van der Waals surface area contributed by atoms with Crippen LogP contribution in [0.1, 0.15) is 6.92 Å². The molecule has 1 aliphatic rings. The van der Waals surface area contributed by atoms with Crippen molar-refractivity contribution < 1.29 is 19.0 Å². The van der Waals surface area contributed by atoms with Gasteiger partial charge in [-0.1, -0.05) is 6.07 Å². The molecule has 0 saturated carbocycles. The number of carbonyl (C=O) groups is 1. The van der Waals surface area contributed by atoms with Gasteiger partial charge in [0.25, 0.3) is 0 Å². The van der Waals surface area contributed by atoms with Crippen LogP contribution in [-0.2, 0) is 4.79 Å². The van der Waals surface area contributed by atoms with E-state index in [-0.39, 0.29) is 5.78 Å². The molecule has 1 aromatic carbocycles. The SMILES string of the molecule is COc1cccc2c1OC(C(C)=O)O2. The Kier molecular flexibility index (Phi) is 2.04. The van der Waals surface area contributed by atoms with Crippen LogP contribution >= 0.6 is 0 Å². The zero-order chi connectivity index (χ0) is 10.1. The summed E-state index contributed by atoms with van der Waals surface area (Å²) in [6.45, 7) is 1.42. The van der Waals surface area contributed by atoms with Gasteiger partial charge in [-0.05, 0) is 12.1 Å². The molecule has 0 radical (unpaired) electrons. The smallest absolute Gasteiger partial charge is 0.300 e. The van der Waals surface area contributed by atoms with Gasteiger partial charge in [0.2, 0.25) is 11.5 Å². The summed E-state index contributed by atoms with van der Waals surface area (Å²) in [5, 5.41) is 0. The van der Waals surface area contributed by atoms with E-state index in [9.17, 15) is 4.79 Å². The minimum Gasteiger partial charge on any atom is -0.493 e. The lowest BCUT2D eigenvalue weighted by Gasteiger charge is -2.05. The second kappa shape index (κ2) is 3.21. The lowest BCUT2D eigenvalue weighted by atomic mass is 10.3. The van der Waals surface area contributed by atoms with E-state index in [1.807, 2.05) is 0 Å². The predicted molar refractivity (Wildman–Crippen MR) is 48.7 cm³/mol. The molecular formula is C10H10O4. The highest BCUT2D eigenvalue weighted by molar-refractivity contribution is 5.81. The fraction of sp³-hybridized carbons (Fsp3) is 0.300. The first-order valence-corrected chi connectivity index (χ1v) is 4.23. The Morgan fingerprint density at radius 2 is 2.21 bits per heavy atom. The molecule has 4 heteroatoms. The van der Waals surface area contributed by atoms with Gasteiger partial charge in [0.15, 0.2) is 11.5 Å². The predicted octanol–water partition coefficient (Wildman–Crippen LogP) is 1.38. The van der Waals surface area contributed by atoms with Crippen LogP contribution in [0.2, 0.25) is 0 Å². The normalized spacial score (nSPS) is 18.0. The molecule has 1 unspecified atom stereocenters. The molecule has 14 heavy (non-hydrogen) atoms. The minimum absolute atomic E-state index is 0.164. The molecule has 0 bridgehead atoms. The first kappa shape index (κ1) is 8.87. The summed E-state index contributed by atoms with van der Waals surface area (Å²) >= 11 is 0. The molecule has 0 amide bonds. The first-order chi connectivity index (χ1) is 6.72. The van der Waals surface area contributed by atoms with E-state index in [1.54, 1.807) is 25.3 Å². The van der Waals surface area contributed by atoms with Crippen LogP contribution in [0.15, 0.2) is 18.2 Å². The summed E-state index contributed by atoms with van der Waals surface area (Å²) in [6, 6.07) is 5.27. The van der Waals surface area contributed by atoms with Gasteiger partial charge in [-0.25, -0.2) is 0 Å². The zero-order valence-corrected chi connectivity index (χ0v) is 7.94. The van der Waals surface area contributed by atoms with Gasteiger partial charge in [0, 0.05) is 6.92 Å². The fourth-order valence-electron chi connectivity index (χ4n) is 1.28. The number of Topliss-reactive ketones (excluding diaryl/α,β-unsaturated/α-hetero) is 1. The highest BCUT2D eigenvalue weighted by Gasteiger charge is 2.30. The summed E-state index contributed by atoms with van der Waals surface area (Å²) in [7, 11) is 1.54. The fourth-order valence-corrected chi connectivity index (χ4v) is 1.28. The van der Waals surface area contributed by atoms with E-state index in [4.69, 9.17) is 14.2 Å². The lowest BCUT2D eigenvalue weighted by Crippen LogP contribution is -2.26. The second-order valence-corrected chi connectivity index (χ2v) is 2.97. The van der Waals surface area contributed by atoms with E-state index >= 15 is 0 Å². The summed E-state index contributed by atoms with van der Waals surface area (Å²) < 4.78 is 15.6. The van der Waals surface area contributed by atoms with Crippen molar-refractivity contribution in [3.05, 3.63) is 18.2 Å². The Labute approximate surface area is 81.4 Å². The number of hydrogen-bond donors (Lipinski definition) is 0. The highest BCUT2D eigenvalue weighted by Crippen LogP contribution is 2.42. The number of methoxy groups -OCH3 is 1. The van der Waals surface area contributed by atoms with Crippen molar-refractivity contribution in [2.75, 3.05) is 7.11 Å². The average Bonchev–Trinajstić information content (AvgIpc) is 2.60. The van der Waals surface area contributed by atoms with E-state index in [0.717, 1.165) is 0 Å². The van der Waals surface area contributed by atoms with Crippen LogP contribution in [0.4, 0.5) is 0 Å². The average molecular weight is 194 g/mol. The van der Waals surface area contributed by atoms with Crippen molar-refractivity contribution in [3.63, 3.8) is 0 Å². The highest BCUT2D eigenvalue weighted by atomic mass is 16.7. The van der Waals surface area contributed by atoms with Gasteiger partial charge in [0.05, 0.1) is 7.11 Å². The van der Waals surface area contributed by atoms with Gasteiger partial charge < -0.3 is 14.2 Å². The van der Waals surface area contributed by atoms with Gasteiger partial charge in [-0.2, -0.15) is 0 Å². The topological polar surface area (TPSA) is 44.8 Å². The zero-order valence-electron chi connectivity index (χ0n) is 7.94. The van der Waals surface area contributed by atoms with Crippen LogP contribution < -0.4 is 14.2 Å². The molecule has 4 nitrogen and oxygen atoms in total. The molecule has 0 saturated heterocycles. The van der Waals surface area contributed by atoms with Gasteiger partial charge in [-0.3, -0.25) is 4.79 Å². The molecule has 1 aromatic rings. The molecular weight excluding hydrogens is 184 g/mol. The Hall–Kier alpha value is -1.71. The first-order valence-electron chi connectivity index (χ1n) is 4.23. The maximum Gasteiger partial charge on any atom is 0.300 e. The second-order valence-electron chi connectivity index (χ2n) is 2.97.